The van der Waals surface area contributed by atoms with Crippen LogP contribution in [-0.2, 0) is 6.54 Å². The van der Waals surface area contributed by atoms with Gasteiger partial charge in [-0.1, -0.05) is 53.8 Å². The quantitative estimate of drug-likeness (QED) is 0.484. The average Bonchev–Trinajstić information content (AvgIpc) is 3.33. The largest absolute Gasteiger partial charge is 0.497 e. The number of rotatable bonds is 6. The topological polar surface area (TPSA) is 66.1 Å². The van der Waals surface area contributed by atoms with Gasteiger partial charge in [0.1, 0.15) is 11.6 Å². The van der Waals surface area contributed by atoms with E-state index in [0.29, 0.717) is 5.82 Å². The van der Waals surface area contributed by atoms with Crippen molar-refractivity contribution in [1.29, 1.82) is 0 Å². The molecule has 1 saturated heterocycles. The van der Waals surface area contributed by atoms with E-state index in [9.17, 15) is 5.11 Å². The Bertz CT molecular complexity index is 1180. The molecule has 0 saturated carbocycles. The standard InChI is InChI=1S/C24H27N5O2S/c1-17-25-24-29(26-17)23(30)22(32-24)21(19-8-10-20(31-2)11-9-19)28-14-12-27(13-15-28)16-18-6-4-3-5-7-18/h3-11,21,30H,12-16H2,1-2H3. The van der Waals surface area contributed by atoms with E-state index >= 15 is 0 Å². The summed E-state index contributed by atoms with van der Waals surface area (Å²) in [7, 11) is 1.67. The monoisotopic (exact) mass is 449 g/mol. The lowest BCUT2D eigenvalue weighted by atomic mass is 10.0. The zero-order valence-corrected chi connectivity index (χ0v) is 19.1. The minimum atomic E-state index is -0.0615. The maximum Gasteiger partial charge on any atom is 0.230 e. The van der Waals surface area contributed by atoms with Crippen LogP contribution < -0.4 is 4.74 Å². The average molecular weight is 450 g/mol. The highest BCUT2D eigenvalue weighted by atomic mass is 32.1. The molecule has 0 radical (unpaired) electrons. The van der Waals surface area contributed by atoms with Crippen molar-refractivity contribution in [3.8, 4) is 11.6 Å². The van der Waals surface area contributed by atoms with E-state index in [1.165, 1.54) is 16.9 Å². The zero-order valence-electron chi connectivity index (χ0n) is 18.3. The summed E-state index contributed by atoms with van der Waals surface area (Å²) in [5.41, 5.74) is 2.46. The lowest BCUT2D eigenvalue weighted by molar-refractivity contribution is 0.105. The summed E-state index contributed by atoms with van der Waals surface area (Å²) in [5, 5.41) is 15.4. The summed E-state index contributed by atoms with van der Waals surface area (Å²) in [4.78, 5) is 11.0. The van der Waals surface area contributed by atoms with Crippen LogP contribution in [0.2, 0.25) is 0 Å². The van der Waals surface area contributed by atoms with Crippen LogP contribution in [0.5, 0.6) is 11.6 Å². The second kappa shape index (κ2) is 8.90. The van der Waals surface area contributed by atoms with Gasteiger partial charge < -0.3 is 9.84 Å². The lowest BCUT2D eigenvalue weighted by Gasteiger charge is -2.39. The number of aromatic hydroxyl groups is 1. The molecule has 0 amide bonds. The number of hydrogen-bond acceptors (Lipinski definition) is 7. The molecule has 2 aromatic heterocycles. The highest BCUT2D eigenvalue weighted by Gasteiger charge is 2.31. The van der Waals surface area contributed by atoms with E-state index in [-0.39, 0.29) is 11.9 Å². The minimum Gasteiger partial charge on any atom is -0.497 e. The smallest absolute Gasteiger partial charge is 0.230 e. The van der Waals surface area contributed by atoms with Crippen molar-refractivity contribution in [3.05, 3.63) is 76.4 Å². The highest BCUT2D eigenvalue weighted by molar-refractivity contribution is 7.17. The fourth-order valence-corrected chi connectivity index (χ4v) is 5.52. The zero-order chi connectivity index (χ0) is 22.1. The molecule has 7 nitrogen and oxygen atoms in total. The summed E-state index contributed by atoms with van der Waals surface area (Å²) < 4.78 is 6.91. The Morgan fingerprint density at radius 2 is 1.75 bits per heavy atom. The normalized spacial score (nSPS) is 16.4. The molecule has 1 unspecified atom stereocenters. The summed E-state index contributed by atoms with van der Waals surface area (Å²) in [6.07, 6.45) is 0. The molecule has 1 aliphatic rings. The Morgan fingerprint density at radius 3 is 2.41 bits per heavy atom. The first-order valence-corrected chi connectivity index (χ1v) is 11.6. The molecule has 1 atom stereocenters. The second-order valence-corrected chi connectivity index (χ2v) is 9.13. The first kappa shape index (κ1) is 20.9. The van der Waals surface area contributed by atoms with Gasteiger partial charge in [0, 0.05) is 32.7 Å². The van der Waals surface area contributed by atoms with E-state index in [0.717, 1.165) is 53.9 Å². The van der Waals surface area contributed by atoms with E-state index < -0.39 is 0 Å². The summed E-state index contributed by atoms with van der Waals surface area (Å²) in [6, 6.07) is 18.7. The maximum atomic E-state index is 11.0. The molecule has 3 heterocycles. The summed E-state index contributed by atoms with van der Waals surface area (Å²) >= 11 is 1.51. The van der Waals surface area contributed by atoms with Crippen molar-refractivity contribution in [2.45, 2.75) is 19.5 Å². The van der Waals surface area contributed by atoms with E-state index in [1.807, 2.05) is 19.1 Å². The van der Waals surface area contributed by atoms with Gasteiger partial charge in [-0.25, -0.2) is 4.98 Å². The highest BCUT2D eigenvalue weighted by Crippen LogP contribution is 2.40. The molecule has 8 heteroatoms. The molecule has 0 spiro atoms. The third-order valence-corrected chi connectivity index (χ3v) is 7.08. The van der Waals surface area contributed by atoms with Crippen LogP contribution >= 0.6 is 11.3 Å². The van der Waals surface area contributed by atoms with Crippen molar-refractivity contribution < 1.29 is 9.84 Å². The van der Waals surface area contributed by atoms with E-state index in [4.69, 9.17) is 4.74 Å². The first-order chi connectivity index (χ1) is 15.6. The SMILES string of the molecule is COc1ccc(C(c2sc3nc(C)nn3c2O)N2CCN(Cc3ccccc3)CC2)cc1. The number of thiazole rings is 1. The fraction of sp³-hybridized carbons (Fsp3) is 0.333. The molecule has 2 aromatic carbocycles. The van der Waals surface area contributed by atoms with Crippen molar-refractivity contribution in [3.63, 3.8) is 0 Å². The predicted octanol–water partition coefficient (Wildman–Crippen LogP) is 3.72. The molecular weight excluding hydrogens is 422 g/mol. The summed E-state index contributed by atoms with van der Waals surface area (Å²) in [5.74, 6) is 1.66. The molecule has 4 aromatic rings. The second-order valence-electron chi connectivity index (χ2n) is 8.12. The Labute approximate surface area is 191 Å². The van der Waals surface area contributed by atoms with Gasteiger partial charge in [0.05, 0.1) is 18.0 Å². The first-order valence-electron chi connectivity index (χ1n) is 10.8. The number of aryl methyl sites for hydroxylation is 1. The minimum absolute atomic E-state index is 0.0615. The van der Waals surface area contributed by atoms with Crippen molar-refractivity contribution in [1.82, 2.24) is 24.4 Å². The number of fused-ring (bicyclic) bond motifs is 1. The van der Waals surface area contributed by atoms with Crippen molar-refractivity contribution >= 4 is 16.3 Å². The number of aromatic nitrogens is 3. The molecule has 0 aliphatic carbocycles. The molecule has 5 rings (SSSR count). The van der Waals surface area contributed by atoms with Crippen LogP contribution in [0.1, 0.15) is 27.9 Å². The van der Waals surface area contributed by atoms with Gasteiger partial charge >= 0.3 is 0 Å². The molecule has 166 valence electrons. The third-order valence-electron chi connectivity index (χ3n) is 6.01. The Balaban J connectivity index is 1.42. The van der Waals surface area contributed by atoms with Crippen LogP contribution in [0, 0.1) is 6.92 Å². The Hall–Kier alpha value is -2.94. The Morgan fingerprint density at radius 1 is 1.03 bits per heavy atom. The molecule has 1 aliphatic heterocycles. The van der Waals surface area contributed by atoms with Crippen LogP contribution in [0.15, 0.2) is 54.6 Å². The lowest BCUT2D eigenvalue weighted by Crippen LogP contribution is -2.47. The van der Waals surface area contributed by atoms with Crippen molar-refractivity contribution in [2.24, 2.45) is 0 Å². The molecule has 32 heavy (non-hydrogen) atoms. The number of methoxy groups -OCH3 is 1. The van der Waals surface area contributed by atoms with Gasteiger partial charge in [-0.2, -0.15) is 4.52 Å². The van der Waals surface area contributed by atoms with Crippen molar-refractivity contribution in [2.75, 3.05) is 33.3 Å². The van der Waals surface area contributed by atoms with Gasteiger partial charge in [0.15, 0.2) is 0 Å². The Kier molecular flexibility index (Phi) is 5.82. The van der Waals surface area contributed by atoms with Crippen LogP contribution in [0.4, 0.5) is 0 Å². The molecule has 1 N–H and O–H groups in total. The van der Waals surface area contributed by atoms with Gasteiger partial charge in [0.2, 0.25) is 10.8 Å². The van der Waals surface area contributed by atoms with Gasteiger partial charge in [-0.05, 0) is 30.2 Å². The van der Waals surface area contributed by atoms with E-state index in [2.05, 4.69) is 62.3 Å². The van der Waals surface area contributed by atoms with Crippen LogP contribution in [0.25, 0.3) is 4.96 Å². The van der Waals surface area contributed by atoms with Gasteiger partial charge in [-0.15, -0.1) is 5.10 Å². The van der Waals surface area contributed by atoms with Crippen LogP contribution in [0.3, 0.4) is 0 Å². The molecule has 0 bridgehead atoms. The fourth-order valence-electron chi connectivity index (χ4n) is 4.36. The van der Waals surface area contributed by atoms with E-state index in [1.54, 1.807) is 11.6 Å². The maximum absolute atomic E-state index is 11.0. The molecule has 1 fully saturated rings. The number of ether oxygens (including phenoxy) is 1. The van der Waals surface area contributed by atoms with Gasteiger partial charge in [-0.3, -0.25) is 9.80 Å². The predicted molar refractivity (Wildman–Crippen MR) is 125 cm³/mol. The number of hydrogen-bond donors (Lipinski definition) is 1. The third kappa shape index (κ3) is 4.09. The summed E-state index contributed by atoms with van der Waals surface area (Å²) in [6.45, 7) is 6.57. The number of piperazine rings is 1. The van der Waals surface area contributed by atoms with Gasteiger partial charge in [0.25, 0.3) is 0 Å². The number of benzene rings is 2. The number of nitrogens with zero attached hydrogens (tertiary/aromatic N) is 5. The molecular formula is C24H27N5O2S. The van der Waals surface area contributed by atoms with Crippen LogP contribution in [-0.4, -0.2) is 62.8 Å².